The van der Waals surface area contributed by atoms with Crippen LogP contribution in [0.4, 0.5) is 0 Å². The van der Waals surface area contributed by atoms with E-state index in [9.17, 15) is 4.79 Å². The average molecular weight is 201 g/mol. The number of rotatable bonds is 7. The molecule has 0 radical (unpaired) electrons. The molecule has 0 atom stereocenters. The van der Waals surface area contributed by atoms with Gasteiger partial charge < -0.3 is 11.1 Å². The average Bonchev–Trinajstić information content (AvgIpc) is 2.16. The van der Waals surface area contributed by atoms with E-state index in [0.29, 0.717) is 19.0 Å². The first-order chi connectivity index (χ1) is 6.61. The van der Waals surface area contributed by atoms with E-state index in [2.05, 4.69) is 24.1 Å². The standard InChI is InChI=1S/C10H23N3O/c1-9(2)13(8-6-11)7-4-5-10(14)12-3/h9H,4-8,11H2,1-3H3,(H,12,14). The van der Waals surface area contributed by atoms with Gasteiger partial charge in [-0.3, -0.25) is 9.69 Å². The maximum atomic E-state index is 11.0. The van der Waals surface area contributed by atoms with Crippen molar-refractivity contribution in [3.05, 3.63) is 0 Å². The second-order valence-corrected chi connectivity index (χ2v) is 3.70. The fourth-order valence-corrected chi connectivity index (χ4v) is 1.36. The highest BCUT2D eigenvalue weighted by Crippen LogP contribution is 2.00. The molecule has 3 N–H and O–H groups in total. The van der Waals surface area contributed by atoms with Gasteiger partial charge in [0.25, 0.3) is 0 Å². The Kier molecular flexibility index (Phi) is 7.42. The SMILES string of the molecule is CNC(=O)CCCN(CCN)C(C)C. The van der Waals surface area contributed by atoms with Crippen LogP contribution in [-0.4, -0.2) is 43.5 Å². The lowest BCUT2D eigenvalue weighted by molar-refractivity contribution is -0.120. The molecular weight excluding hydrogens is 178 g/mol. The maximum absolute atomic E-state index is 11.0. The van der Waals surface area contributed by atoms with Crippen molar-refractivity contribution >= 4 is 5.91 Å². The van der Waals surface area contributed by atoms with Crippen molar-refractivity contribution < 1.29 is 4.79 Å². The first-order valence-corrected chi connectivity index (χ1v) is 5.26. The van der Waals surface area contributed by atoms with Crippen molar-refractivity contribution in [1.29, 1.82) is 0 Å². The molecule has 0 rings (SSSR count). The van der Waals surface area contributed by atoms with Gasteiger partial charge in [0.15, 0.2) is 0 Å². The van der Waals surface area contributed by atoms with Gasteiger partial charge in [-0.25, -0.2) is 0 Å². The molecule has 0 aromatic rings. The first kappa shape index (κ1) is 13.4. The summed E-state index contributed by atoms with van der Waals surface area (Å²) in [4.78, 5) is 13.3. The van der Waals surface area contributed by atoms with Crippen molar-refractivity contribution in [3.63, 3.8) is 0 Å². The zero-order chi connectivity index (χ0) is 11.0. The van der Waals surface area contributed by atoms with E-state index >= 15 is 0 Å². The Bertz CT molecular complexity index is 159. The Labute approximate surface area is 86.8 Å². The molecule has 0 fully saturated rings. The predicted octanol–water partition coefficient (Wildman–Crippen LogP) is 0.182. The van der Waals surface area contributed by atoms with Gasteiger partial charge in [-0.1, -0.05) is 0 Å². The van der Waals surface area contributed by atoms with E-state index in [4.69, 9.17) is 5.73 Å². The summed E-state index contributed by atoms with van der Waals surface area (Å²) in [5.74, 6) is 0.112. The third-order valence-corrected chi connectivity index (χ3v) is 2.27. The summed E-state index contributed by atoms with van der Waals surface area (Å²) >= 11 is 0. The minimum Gasteiger partial charge on any atom is -0.359 e. The number of nitrogens with two attached hydrogens (primary N) is 1. The summed E-state index contributed by atoms with van der Waals surface area (Å²) in [6.07, 6.45) is 1.50. The Morgan fingerprint density at radius 1 is 1.43 bits per heavy atom. The van der Waals surface area contributed by atoms with Crippen LogP contribution in [0.2, 0.25) is 0 Å². The zero-order valence-electron chi connectivity index (χ0n) is 9.55. The molecule has 0 saturated heterocycles. The second kappa shape index (κ2) is 7.76. The van der Waals surface area contributed by atoms with E-state index in [-0.39, 0.29) is 5.91 Å². The largest absolute Gasteiger partial charge is 0.359 e. The molecule has 4 heteroatoms. The molecule has 0 aliphatic rings. The Morgan fingerprint density at radius 3 is 2.50 bits per heavy atom. The minimum absolute atomic E-state index is 0.112. The molecule has 0 spiro atoms. The number of hydrogen-bond donors (Lipinski definition) is 2. The third kappa shape index (κ3) is 5.94. The number of nitrogens with zero attached hydrogens (tertiary/aromatic N) is 1. The van der Waals surface area contributed by atoms with E-state index in [1.807, 2.05) is 0 Å². The van der Waals surface area contributed by atoms with Crippen LogP contribution in [0.1, 0.15) is 26.7 Å². The van der Waals surface area contributed by atoms with Crippen LogP contribution in [-0.2, 0) is 4.79 Å². The van der Waals surface area contributed by atoms with E-state index in [0.717, 1.165) is 19.5 Å². The quantitative estimate of drug-likeness (QED) is 0.618. The van der Waals surface area contributed by atoms with Crippen LogP contribution in [0.3, 0.4) is 0 Å². The molecule has 1 amide bonds. The van der Waals surface area contributed by atoms with Crippen LogP contribution < -0.4 is 11.1 Å². The van der Waals surface area contributed by atoms with E-state index in [1.54, 1.807) is 7.05 Å². The van der Waals surface area contributed by atoms with Gasteiger partial charge in [-0.15, -0.1) is 0 Å². The van der Waals surface area contributed by atoms with Gasteiger partial charge in [0.05, 0.1) is 0 Å². The Hall–Kier alpha value is -0.610. The summed E-state index contributed by atoms with van der Waals surface area (Å²) in [5.41, 5.74) is 5.50. The van der Waals surface area contributed by atoms with Crippen molar-refractivity contribution in [1.82, 2.24) is 10.2 Å². The highest BCUT2D eigenvalue weighted by molar-refractivity contribution is 5.75. The number of carbonyl (C=O) groups is 1. The Balaban J connectivity index is 3.65. The molecular formula is C10H23N3O. The van der Waals surface area contributed by atoms with Crippen molar-refractivity contribution in [2.75, 3.05) is 26.7 Å². The molecule has 84 valence electrons. The molecule has 0 unspecified atom stereocenters. The summed E-state index contributed by atoms with van der Waals surface area (Å²) in [6.45, 7) is 6.83. The van der Waals surface area contributed by atoms with Gasteiger partial charge >= 0.3 is 0 Å². The minimum atomic E-state index is 0.112. The van der Waals surface area contributed by atoms with Gasteiger partial charge in [0.2, 0.25) is 5.91 Å². The topological polar surface area (TPSA) is 58.4 Å². The highest BCUT2D eigenvalue weighted by atomic mass is 16.1. The number of nitrogens with one attached hydrogen (secondary N) is 1. The van der Waals surface area contributed by atoms with Crippen molar-refractivity contribution in [3.8, 4) is 0 Å². The molecule has 0 heterocycles. The maximum Gasteiger partial charge on any atom is 0.219 e. The number of carbonyl (C=O) groups excluding carboxylic acids is 1. The van der Waals surface area contributed by atoms with Gasteiger partial charge in [0.1, 0.15) is 0 Å². The summed E-state index contributed by atoms with van der Waals surface area (Å²) in [7, 11) is 1.67. The molecule has 4 nitrogen and oxygen atoms in total. The first-order valence-electron chi connectivity index (χ1n) is 5.26. The molecule has 0 aromatic carbocycles. The molecule has 0 bridgehead atoms. The smallest absolute Gasteiger partial charge is 0.219 e. The fraction of sp³-hybridized carbons (Fsp3) is 0.900. The lowest BCUT2D eigenvalue weighted by atomic mass is 10.2. The number of hydrogen-bond acceptors (Lipinski definition) is 3. The summed E-state index contributed by atoms with van der Waals surface area (Å²) in [6, 6.07) is 0.503. The fourth-order valence-electron chi connectivity index (χ4n) is 1.36. The summed E-state index contributed by atoms with van der Waals surface area (Å²) < 4.78 is 0. The lowest BCUT2D eigenvalue weighted by Crippen LogP contribution is -2.36. The van der Waals surface area contributed by atoms with Crippen LogP contribution >= 0.6 is 0 Å². The molecule has 0 aromatic heterocycles. The van der Waals surface area contributed by atoms with Crippen LogP contribution in [0.25, 0.3) is 0 Å². The molecule has 14 heavy (non-hydrogen) atoms. The second-order valence-electron chi connectivity index (χ2n) is 3.70. The monoisotopic (exact) mass is 201 g/mol. The lowest BCUT2D eigenvalue weighted by Gasteiger charge is -2.25. The molecule has 0 saturated carbocycles. The van der Waals surface area contributed by atoms with Crippen LogP contribution in [0, 0.1) is 0 Å². The van der Waals surface area contributed by atoms with Gasteiger partial charge in [-0.05, 0) is 26.8 Å². The van der Waals surface area contributed by atoms with Gasteiger partial charge in [0, 0.05) is 32.6 Å². The third-order valence-electron chi connectivity index (χ3n) is 2.27. The Morgan fingerprint density at radius 2 is 2.07 bits per heavy atom. The van der Waals surface area contributed by atoms with E-state index < -0.39 is 0 Å². The predicted molar refractivity (Wildman–Crippen MR) is 59.1 cm³/mol. The molecule has 0 aliphatic carbocycles. The summed E-state index contributed by atoms with van der Waals surface area (Å²) in [5, 5.41) is 2.62. The van der Waals surface area contributed by atoms with Crippen molar-refractivity contribution in [2.24, 2.45) is 5.73 Å². The normalized spacial score (nSPS) is 11.0. The van der Waals surface area contributed by atoms with Crippen LogP contribution in [0.5, 0.6) is 0 Å². The highest BCUT2D eigenvalue weighted by Gasteiger charge is 2.08. The zero-order valence-corrected chi connectivity index (χ0v) is 9.55. The van der Waals surface area contributed by atoms with E-state index in [1.165, 1.54) is 0 Å². The van der Waals surface area contributed by atoms with Gasteiger partial charge in [-0.2, -0.15) is 0 Å². The molecule has 0 aliphatic heterocycles. The van der Waals surface area contributed by atoms with Crippen molar-refractivity contribution in [2.45, 2.75) is 32.7 Å². The van der Waals surface area contributed by atoms with Crippen LogP contribution in [0.15, 0.2) is 0 Å². The number of amides is 1.